The summed E-state index contributed by atoms with van der Waals surface area (Å²) in [5.41, 5.74) is 5.61. The minimum Gasteiger partial charge on any atom is -0.494 e. The minimum absolute atomic E-state index is 0.0953. The van der Waals surface area contributed by atoms with Crippen LogP contribution in [-0.4, -0.2) is 18.6 Å². The number of benzene rings is 1. The number of halogens is 1. The molecule has 0 aromatic heterocycles. The van der Waals surface area contributed by atoms with E-state index in [2.05, 4.69) is 5.32 Å². The first-order chi connectivity index (χ1) is 8.45. The van der Waals surface area contributed by atoms with E-state index in [1.54, 1.807) is 6.92 Å². The van der Waals surface area contributed by atoms with Crippen LogP contribution in [0.25, 0.3) is 0 Å². The smallest absolute Gasteiger partial charge is 0.244 e. The number of ether oxygens (including phenoxy) is 1. The van der Waals surface area contributed by atoms with Gasteiger partial charge in [0, 0.05) is 11.8 Å². The van der Waals surface area contributed by atoms with E-state index >= 15 is 0 Å². The zero-order valence-corrected chi connectivity index (χ0v) is 10.5. The molecule has 1 aliphatic carbocycles. The topological polar surface area (TPSA) is 64.3 Å². The van der Waals surface area contributed by atoms with Gasteiger partial charge in [0.15, 0.2) is 11.6 Å². The monoisotopic (exact) mass is 252 g/mol. The Morgan fingerprint density at radius 3 is 2.78 bits per heavy atom. The van der Waals surface area contributed by atoms with Crippen molar-refractivity contribution in [3.8, 4) is 5.75 Å². The van der Waals surface area contributed by atoms with E-state index in [4.69, 9.17) is 10.5 Å². The van der Waals surface area contributed by atoms with Gasteiger partial charge >= 0.3 is 0 Å². The summed E-state index contributed by atoms with van der Waals surface area (Å²) in [6.07, 6.45) is 1.96. The zero-order valence-electron chi connectivity index (χ0n) is 10.5. The van der Waals surface area contributed by atoms with Crippen LogP contribution >= 0.6 is 0 Å². The molecule has 1 aliphatic rings. The van der Waals surface area contributed by atoms with Gasteiger partial charge in [-0.05, 0) is 37.8 Å². The van der Waals surface area contributed by atoms with E-state index in [-0.39, 0.29) is 17.6 Å². The Morgan fingerprint density at radius 2 is 2.22 bits per heavy atom. The molecule has 1 aromatic rings. The predicted octanol–water partition coefficient (Wildman–Crippen LogP) is 1.90. The van der Waals surface area contributed by atoms with Gasteiger partial charge in [-0.2, -0.15) is 0 Å². The minimum atomic E-state index is -0.873. The fraction of sp³-hybridized carbons (Fsp3) is 0.462. The van der Waals surface area contributed by atoms with E-state index in [1.165, 1.54) is 25.3 Å². The lowest BCUT2D eigenvalue weighted by atomic mass is 9.96. The summed E-state index contributed by atoms with van der Waals surface area (Å²) in [6.45, 7) is 1.72. The highest BCUT2D eigenvalue weighted by Gasteiger charge is 2.44. The van der Waals surface area contributed by atoms with Crippen molar-refractivity contribution in [2.24, 2.45) is 11.7 Å². The number of anilines is 1. The number of rotatable bonds is 4. The standard InChI is InChI=1S/C13H17FN2O2/c1-13(15,8-3-4-8)12(17)16-9-5-6-10(14)11(7-9)18-2/h5-8H,3-4,15H2,1-2H3,(H,16,17). The molecule has 1 fully saturated rings. The van der Waals surface area contributed by atoms with Crippen molar-refractivity contribution in [2.45, 2.75) is 25.3 Å². The third-order valence-electron chi connectivity index (χ3n) is 3.32. The molecule has 1 atom stereocenters. The quantitative estimate of drug-likeness (QED) is 0.860. The van der Waals surface area contributed by atoms with Crippen LogP contribution in [0.4, 0.5) is 10.1 Å². The summed E-state index contributed by atoms with van der Waals surface area (Å²) >= 11 is 0. The number of amides is 1. The fourth-order valence-corrected chi connectivity index (χ4v) is 1.87. The Hall–Kier alpha value is -1.62. The van der Waals surface area contributed by atoms with E-state index in [1.807, 2.05) is 0 Å². The molecule has 4 nitrogen and oxygen atoms in total. The number of carbonyl (C=O) groups is 1. The lowest BCUT2D eigenvalue weighted by Crippen LogP contribution is -2.50. The summed E-state index contributed by atoms with van der Waals surface area (Å²) in [4.78, 5) is 12.0. The van der Waals surface area contributed by atoms with Crippen LogP contribution in [0.3, 0.4) is 0 Å². The van der Waals surface area contributed by atoms with Gasteiger partial charge in [0.2, 0.25) is 5.91 Å². The Kier molecular flexibility index (Phi) is 3.26. The molecule has 0 spiro atoms. The summed E-state index contributed by atoms with van der Waals surface area (Å²) in [7, 11) is 1.38. The molecule has 0 radical (unpaired) electrons. The molecule has 0 saturated heterocycles. The second-order valence-corrected chi connectivity index (χ2v) is 4.86. The Bertz CT molecular complexity index is 470. The van der Waals surface area contributed by atoms with E-state index in [0.717, 1.165) is 12.8 Å². The zero-order chi connectivity index (χ0) is 13.3. The molecule has 0 aliphatic heterocycles. The average molecular weight is 252 g/mol. The predicted molar refractivity (Wildman–Crippen MR) is 66.9 cm³/mol. The van der Waals surface area contributed by atoms with Crippen molar-refractivity contribution < 1.29 is 13.9 Å². The average Bonchev–Trinajstić information content (AvgIpc) is 3.15. The molecule has 1 unspecified atom stereocenters. The number of hydrogen-bond acceptors (Lipinski definition) is 3. The normalized spacial score (nSPS) is 18.0. The number of nitrogens with one attached hydrogen (secondary N) is 1. The molecular formula is C13H17FN2O2. The van der Waals surface area contributed by atoms with Crippen molar-refractivity contribution in [3.63, 3.8) is 0 Å². The largest absolute Gasteiger partial charge is 0.494 e. The van der Waals surface area contributed by atoms with Gasteiger partial charge in [0.05, 0.1) is 12.6 Å². The second-order valence-electron chi connectivity index (χ2n) is 4.86. The number of carbonyl (C=O) groups excluding carboxylic acids is 1. The van der Waals surface area contributed by atoms with Gasteiger partial charge in [-0.25, -0.2) is 4.39 Å². The first kappa shape index (κ1) is 12.8. The van der Waals surface area contributed by atoms with Gasteiger partial charge in [0.1, 0.15) is 0 Å². The molecule has 98 valence electrons. The summed E-state index contributed by atoms with van der Waals surface area (Å²) in [6, 6.07) is 4.17. The highest BCUT2D eigenvalue weighted by atomic mass is 19.1. The molecule has 1 saturated carbocycles. The van der Waals surface area contributed by atoms with E-state index in [0.29, 0.717) is 5.69 Å². The maximum atomic E-state index is 13.2. The third-order valence-corrected chi connectivity index (χ3v) is 3.32. The van der Waals surface area contributed by atoms with Gasteiger partial charge in [-0.15, -0.1) is 0 Å². The van der Waals surface area contributed by atoms with Crippen molar-refractivity contribution in [3.05, 3.63) is 24.0 Å². The van der Waals surface area contributed by atoms with E-state index < -0.39 is 11.4 Å². The van der Waals surface area contributed by atoms with Crippen LogP contribution in [-0.2, 0) is 4.79 Å². The molecule has 0 heterocycles. The van der Waals surface area contributed by atoms with Crippen LogP contribution in [0.2, 0.25) is 0 Å². The van der Waals surface area contributed by atoms with Crippen molar-refractivity contribution in [1.29, 1.82) is 0 Å². The molecule has 0 bridgehead atoms. The Morgan fingerprint density at radius 1 is 1.56 bits per heavy atom. The van der Waals surface area contributed by atoms with Crippen LogP contribution in [0, 0.1) is 11.7 Å². The van der Waals surface area contributed by atoms with Gasteiger partial charge in [0.25, 0.3) is 0 Å². The SMILES string of the molecule is COc1cc(NC(=O)C(C)(N)C2CC2)ccc1F. The number of nitrogens with two attached hydrogens (primary N) is 1. The number of hydrogen-bond donors (Lipinski definition) is 2. The maximum Gasteiger partial charge on any atom is 0.244 e. The van der Waals surface area contributed by atoms with Crippen LogP contribution in [0.5, 0.6) is 5.75 Å². The maximum absolute atomic E-state index is 13.2. The third kappa shape index (κ3) is 2.46. The van der Waals surface area contributed by atoms with E-state index in [9.17, 15) is 9.18 Å². The number of methoxy groups -OCH3 is 1. The summed E-state index contributed by atoms with van der Waals surface area (Å²) in [5.74, 6) is -0.385. The van der Waals surface area contributed by atoms with Crippen LogP contribution in [0.15, 0.2) is 18.2 Å². The molecule has 3 N–H and O–H groups in total. The first-order valence-electron chi connectivity index (χ1n) is 5.89. The highest BCUT2D eigenvalue weighted by molar-refractivity contribution is 5.98. The van der Waals surface area contributed by atoms with Gasteiger partial charge in [-0.3, -0.25) is 4.79 Å². The summed E-state index contributed by atoms with van der Waals surface area (Å²) < 4.78 is 18.1. The van der Waals surface area contributed by atoms with Crippen LogP contribution in [0.1, 0.15) is 19.8 Å². The lowest BCUT2D eigenvalue weighted by Gasteiger charge is -2.23. The molecule has 1 amide bonds. The lowest BCUT2D eigenvalue weighted by molar-refractivity contribution is -0.121. The Labute approximate surface area is 105 Å². The van der Waals surface area contributed by atoms with Crippen molar-refractivity contribution >= 4 is 11.6 Å². The van der Waals surface area contributed by atoms with Crippen molar-refractivity contribution in [2.75, 3.05) is 12.4 Å². The molecule has 5 heteroatoms. The first-order valence-corrected chi connectivity index (χ1v) is 5.89. The molecular weight excluding hydrogens is 235 g/mol. The molecule has 18 heavy (non-hydrogen) atoms. The highest BCUT2D eigenvalue weighted by Crippen LogP contribution is 2.38. The molecule has 2 rings (SSSR count). The van der Waals surface area contributed by atoms with Crippen molar-refractivity contribution in [1.82, 2.24) is 0 Å². The van der Waals surface area contributed by atoms with Crippen LogP contribution < -0.4 is 15.8 Å². The second kappa shape index (κ2) is 4.57. The summed E-state index contributed by atoms with van der Waals surface area (Å²) in [5, 5.41) is 2.69. The molecule has 1 aromatic carbocycles. The van der Waals surface area contributed by atoms with Gasteiger partial charge < -0.3 is 15.8 Å². The Balaban J connectivity index is 2.11. The fourth-order valence-electron chi connectivity index (χ4n) is 1.87. The van der Waals surface area contributed by atoms with Gasteiger partial charge in [-0.1, -0.05) is 0 Å².